The molecule has 5 nitrogen and oxygen atoms in total. The summed E-state index contributed by atoms with van der Waals surface area (Å²) in [7, 11) is 0. The highest BCUT2D eigenvalue weighted by molar-refractivity contribution is 5.82. The van der Waals surface area contributed by atoms with E-state index in [-0.39, 0.29) is 11.3 Å². The van der Waals surface area contributed by atoms with Crippen LogP contribution in [0, 0.1) is 5.41 Å². The molecule has 0 atom stereocenters. The zero-order valence-electron chi connectivity index (χ0n) is 11.8. The molecular formula is C14H24N4O. The van der Waals surface area contributed by atoms with Crippen LogP contribution in [0.4, 0.5) is 0 Å². The van der Waals surface area contributed by atoms with Gasteiger partial charge < -0.3 is 15.6 Å². The number of amides is 1. The Balaban J connectivity index is 1.81. The topological polar surface area (TPSA) is 60.2 Å². The maximum Gasteiger partial charge on any atom is 0.227 e. The van der Waals surface area contributed by atoms with E-state index in [1.165, 1.54) is 0 Å². The lowest BCUT2D eigenvalue weighted by Crippen LogP contribution is -2.50. The number of nitrogens with zero attached hydrogens (tertiary/aromatic N) is 1. The molecule has 2 rings (SSSR count). The van der Waals surface area contributed by atoms with Crippen molar-refractivity contribution in [2.75, 3.05) is 32.7 Å². The van der Waals surface area contributed by atoms with Crippen LogP contribution < -0.4 is 10.6 Å². The van der Waals surface area contributed by atoms with Crippen molar-refractivity contribution in [1.29, 1.82) is 0 Å². The molecule has 1 amide bonds. The average molecular weight is 264 g/mol. The number of carbonyl (C=O) groups excluding carboxylic acids is 1. The SMILES string of the molecule is CC(C)(CN1CCNCC1)C(=O)NCc1ccc[nH]1. The standard InChI is InChI=1S/C14H24N4O/c1-14(2,11-18-8-6-15-7-9-18)13(19)17-10-12-4-3-5-16-12/h3-5,15-16H,6-11H2,1-2H3,(H,17,19). The molecule has 3 N–H and O–H groups in total. The largest absolute Gasteiger partial charge is 0.364 e. The van der Waals surface area contributed by atoms with Crippen LogP contribution in [0.1, 0.15) is 19.5 Å². The van der Waals surface area contributed by atoms with E-state index in [2.05, 4.69) is 20.5 Å². The lowest BCUT2D eigenvalue weighted by Gasteiger charge is -2.34. The van der Waals surface area contributed by atoms with E-state index in [1.54, 1.807) is 0 Å². The summed E-state index contributed by atoms with van der Waals surface area (Å²) in [6, 6.07) is 3.91. The van der Waals surface area contributed by atoms with E-state index in [1.807, 2.05) is 32.2 Å². The van der Waals surface area contributed by atoms with Crippen LogP contribution in [-0.2, 0) is 11.3 Å². The van der Waals surface area contributed by atoms with Crippen molar-refractivity contribution in [3.63, 3.8) is 0 Å². The Morgan fingerprint density at radius 3 is 2.79 bits per heavy atom. The number of piperazine rings is 1. The van der Waals surface area contributed by atoms with E-state index in [0.717, 1.165) is 38.4 Å². The molecule has 1 fully saturated rings. The van der Waals surface area contributed by atoms with E-state index in [9.17, 15) is 4.79 Å². The van der Waals surface area contributed by atoms with E-state index >= 15 is 0 Å². The fraction of sp³-hybridized carbons (Fsp3) is 0.643. The number of hydrogen-bond donors (Lipinski definition) is 3. The van der Waals surface area contributed by atoms with Gasteiger partial charge in [0.2, 0.25) is 5.91 Å². The Labute approximate surface area is 114 Å². The fourth-order valence-electron chi connectivity index (χ4n) is 2.39. The van der Waals surface area contributed by atoms with Crippen LogP contribution in [0.15, 0.2) is 18.3 Å². The Kier molecular flexibility index (Phi) is 4.61. The molecule has 0 aromatic carbocycles. The Hall–Kier alpha value is -1.33. The van der Waals surface area contributed by atoms with E-state index in [0.29, 0.717) is 6.54 Å². The summed E-state index contributed by atoms with van der Waals surface area (Å²) in [4.78, 5) is 17.7. The molecule has 2 heterocycles. The molecule has 0 bridgehead atoms. The number of H-pyrrole nitrogens is 1. The molecule has 0 spiro atoms. The number of aromatic amines is 1. The van der Waals surface area contributed by atoms with Gasteiger partial charge in [-0.1, -0.05) is 0 Å². The number of rotatable bonds is 5. The first-order chi connectivity index (χ1) is 9.08. The van der Waals surface area contributed by atoms with Crippen molar-refractivity contribution >= 4 is 5.91 Å². The average Bonchev–Trinajstić information content (AvgIpc) is 2.89. The lowest BCUT2D eigenvalue weighted by atomic mass is 9.91. The summed E-state index contributed by atoms with van der Waals surface area (Å²) >= 11 is 0. The van der Waals surface area contributed by atoms with Crippen LogP contribution in [0.3, 0.4) is 0 Å². The van der Waals surface area contributed by atoms with E-state index in [4.69, 9.17) is 0 Å². The van der Waals surface area contributed by atoms with Gasteiger partial charge in [-0.3, -0.25) is 9.69 Å². The Bertz CT molecular complexity index is 394. The molecule has 1 saturated heterocycles. The minimum Gasteiger partial charge on any atom is -0.364 e. The van der Waals surface area contributed by atoms with Gasteiger partial charge >= 0.3 is 0 Å². The van der Waals surface area contributed by atoms with Gasteiger partial charge in [0.15, 0.2) is 0 Å². The van der Waals surface area contributed by atoms with Gasteiger partial charge in [0, 0.05) is 44.6 Å². The molecule has 0 aliphatic carbocycles. The van der Waals surface area contributed by atoms with Crippen molar-refractivity contribution < 1.29 is 4.79 Å². The van der Waals surface area contributed by atoms with Crippen molar-refractivity contribution in [2.45, 2.75) is 20.4 Å². The van der Waals surface area contributed by atoms with Crippen molar-refractivity contribution in [2.24, 2.45) is 5.41 Å². The lowest BCUT2D eigenvalue weighted by molar-refractivity contribution is -0.130. The highest BCUT2D eigenvalue weighted by atomic mass is 16.2. The van der Waals surface area contributed by atoms with Gasteiger partial charge in [-0.15, -0.1) is 0 Å². The number of carbonyl (C=O) groups is 1. The molecule has 0 saturated carbocycles. The molecular weight excluding hydrogens is 240 g/mol. The third kappa shape index (κ3) is 4.08. The second kappa shape index (κ2) is 6.21. The number of nitrogens with one attached hydrogen (secondary N) is 3. The predicted octanol–water partition coefficient (Wildman–Crippen LogP) is 0.562. The van der Waals surface area contributed by atoms with Crippen LogP contribution in [0.25, 0.3) is 0 Å². The zero-order valence-corrected chi connectivity index (χ0v) is 11.8. The summed E-state index contributed by atoms with van der Waals surface area (Å²) in [6.45, 7) is 9.47. The molecule has 1 aromatic rings. The minimum atomic E-state index is -0.357. The molecule has 5 heteroatoms. The summed E-state index contributed by atoms with van der Waals surface area (Å²) in [5.74, 6) is 0.112. The first kappa shape index (κ1) is 14.1. The smallest absolute Gasteiger partial charge is 0.227 e. The third-order valence-corrected chi connectivity index (χ3v) is 3.54. The van der Waals surface area contributed by atoms with Gasteiger partial charge in [-0.25, -0.2) is 0 Å². The maximum atomic E-state index is 12.3. The summed E-state index contributed by atoms with van der Waals surface area (Å²) in [5, 5.41) is 6.33. The zero-order chi connectivity index (χ0) is 13.7. The van der Waals surface area contributed by atoms with Crippen molar-refractivity contribution in [3.8, 4) is 0 Å². The van der Waals surface area contributed by atoms with Crippen LogP contribution >= 0.6 is 0 Å². The quantitative estimate of drug-likeness (QED) is 0.728. The Morgan fingerprint density at radius 1 is 1.42 bits per heavy atom. The van der Waals surface area contributed by atoms with Crippen LogP contribution in [0.5, 0.6) is 0 Å². The van der Waals surface area contributed by atoms with Gasteiger partial charge in [-0.2, -0.15) is 0 Å². The van der Waals surface area contributed by atoms with Gasteiger partial charge in [-0.05, 0) is 26.0 Å². The highest BCUT2D eigenvalue weighted by Gasteiger charge is 2.30. The number of hydrogen-bond acceptors (Lipinski definition) is 3. The van der Waals surface area contributed by atoms with Gasteiger partial charge in [0.05, 0.1) is 12.0 Å². The maximum absolute atomic E-state index is 12.3. The fourth-order valence-corrected chi connectivity index (χ4v) is 2.39. The predicted molar refractivity (Wildman–Crippen MR) is 75.7 cm³/mol. The summed E-state index contributed by atoms with van der Waals surface area (Å²) < 4.78 is 0. The van der Waals surface area contributed by atoms with E-state index < -0.39 is 0 Å². The van der Waals surface area contributed by atoms with Crippen molar-refractivity contribution in [1.82, 2.24) is 20.5 Å². The summed E-state index contributed by atoms with van der Waals surface area (Å²) in [5.41, 5.74) is 0.676. The molecule has 106 valence electrons. The summed E-state index contributed by atoms with van der Waals surface area (Å²) in [6.07, 6.45) is 1.87. The Morgan fingerprint density at radius 2 is 2.16 bits per heavy atom. The molecule has 0 radical (unpaired) electrons. The molecule has 1 aliphatic heterocycles. The van der Waals surface area contributed by atoms with Crippen LogP contribution in [0.2, 0.25) is 0 Å². The van der Waals surface area contributed by atoms with Crippen LogP contribution in [-0.4, -0.2) is 48.5 Å². The van der Waals surface area contributed by atoms with Gasteiger partial charge in [0.25, 0.3) is 0 Å². The molecule has 19 heavy (non-hydrogen) atoms. The monoisotopic (exact) mass is 264 g/mol. The number of aromatic nitrogens is 1. The highest BCUT2D eigenvalue weighted by Crippen LogP contribution is 2.17. The first-order valence-electron chi connectivity index (χ1n) is 6.91. The molecule has 1 aliphatic rings. The third-order valence-electron chi connectivity index (χ3n) is 3.54. The second-order valence-electron chi connectivity index (χ2n) is 5.79. The van der Waals surface area contributed by atoms with Crippen molar-refractivity contribution in [3.05, 3.63) is 24.0 Å². The molecule has 0 unspecified atom stereocenters. The normalized spacial score (nSPS) is 17.4. The van der Waals surface area contributed by atoms with Gasteiger partial charge in [0.1, 0.15) is 0 Å². The first-order valence-corrected chi connectivity index (χ1v) is 6.91. The molecule has 1 aromatic heterocycles. The second-order valence-corrected chi connectivity index (χ2v) is 5.79. The minimum absolute atomic E-state index is 0.112.